The average Bonchev–Trinajstić information content (AvgIpc) is 2.82. The Labute approximate surface area is 194 Å². The fourth-order valence-electron chi connectivity index (χ4n) is 4.62. The number of rotatable bonds is 6. The van der Waals surface area contributed by atoms with Gasteiger partial charge in [-0.2, -0.15) is 0 Å². The summed E-state index contributed by atoms with van der Waals surface area (Å²) in [5.74, 6) is 0.0611. The van der Waals surface area contributed by atoms with Gasteiger partial charge in [0.1, 0.15) is 0 Å². The van der Waals surface area contributed by atoms with Gasteiger partial charge in [0.15, 0.2) is 0 Å². The van der Waals surface area contributed by atoms with Crippen LogP contribution in [0.5, 0.6) is 0 Å². The number of anilines is 1. The summed E-state index contributed by atoms with van der Waals surface area (Å²) in [6, 6.07) is 17.2. The molecule has 2 aliphatic heterocycles. The maximum atomic E-state index is 13.5. The van der Waals surface area contributed by atoms with E-state index < -0.39 is 5.41 Å². The maximum absolute atomic E-state index is 13.5. The summed E-state index contributed by atoms with van der Waals surface area (Å²) in [5, 5.41) is 6.90. The van der Waals surface area contributed by atoms with Gasteiger partial charge in [0, 0.05) is 43.1 Å². The SMILES string of the molecule is O=C(CN1CCC(NC(=O)C2(c3ccc(Cl)cc3)CCOCC2)CC1)Nc1ccccc1. The van der Waals surface area contributed by atoms with Crippen molar-refractivity contribution in [1.29, 1.82) is 0 Å². The third-order valence-electron chi connectivity index (χ3n) is 6.53. The molecule has 0 bridgehead atoms. The van der Waals surface area contributed by atoms with Crippen molar-refractivity contribution < 1.29 is 14.3 Å². The monoisotopic (exact) mass is 455 g/mol. The highest BCUT2D eigenvalue weighted by molar-refractivity contribution is 6.30. The van der Waals surface area contributed by atoms with Crippen molar-refractivity contribution in [3.8, 4) is 0 Å². The lowest BCUT2D eigenvalue weighted by atomic mass is 9.73. The van der Waals surface area contributed by atoms with Gasteiger partial charge in [0.2, 0.25) is 11.8 Å². The lowest BCUT2D eigenvalue weighted by Crippen LogP contribution is -2.53. The van der Waals surface area contributed by atoms with Crippen LogP contribution in [0.4, 0.5) is 5.69 Å². The number of carbonyl (C=O) groups is 2. The van der Waals surface area contributed by atoms with Crippen LogP contribution in [0, 0.1) is 0 Å². The van der Waals surface area contributed by atoms with Gasteiger partial charge in [-0.05, 0) is 55.5 Å². The molecular weight excluding hydrogens is 426 g/mol. The van der Waals surface area contributed by atoms with Crippen LogP contribution >= 0.6 is 11.6 Å². The second kappa shape index (κ2) is 10.5. The zero-order valence-electron chi connectivity index (χ0n) is 18.2. The Morgan fingerprint density at radius 3 is 2.31 bits per heavy atom. The summed E-state index contributed by atoms with van der Waals surface area (Å²) >= 11 is 6.07. The lowest BCUT2D eigenvalue weighted by molar-refractivity contribution is -0.131. The number of ether oxygens (including phenoxy) is 1. The zero-order chi connectivity index (χ0) is 22.4. The van der Waals surface area contributed by atoms with Gasteiger partial charge in [0.05, 0.1) is 12.0 Å². The van der Waals surface area contributed by atoms with Crippen molar-refractivity contribution in [2.24, 2.45) is 0 Å². The van der Waals surface area contributed by atoms with Crippen LogP contribution in [-0.2, 0) is 19.7 Å². The van der Waals surface area contributed by atoms with E-state index in [0.29, 0.717) is 37.6 Å². The van der Waals surface area contributed by atoms with Crippen LogP contribution in [-0.4, -0.2) is 55.6 Å². The Hall–Kier alpha value is -2.41. The molecule has 2 aromatic carbocycles. The second-order valence-electron chi connectivity index (χ2n) is 8.64. The third-order valence-corrected chi connectivity index (χ3v) is 6.78. The first-order valence-corrected chi connectivity index (χ1v) is 11.6. The Balaban J connectivity index is 1.31. The Kier molecular flexibility index (Phi) is 7.45. The number of benzene rings is 2. The highest BCUT2D eigenvalue weighted by Gasteiger charge is 2.42. The number of piperidine rings is 1. The molecular formula is C25H30ClN3O3. The van der Waals surface area contributed by atoms with E-state index in [1.54, 1.807) is 0 Å². The summed E-state index contributed by atoms with van der Waals surface area (Å²) in [4.78, 5) is 27.9. The van der Waals surface area contributed by atoms with E-state index >= 15 is 0 Å². The number of carbonyl (C=O) groups excluding carboxylic acids is 2. The number of amides is 2. The van der Waals surface area contributed by atoms with E-state index in [2.05, 4.69) is 15.5 Å². The van der Waals surface area contributed by atoms with Gasteiger partial charge >= 0.3 is 0 Å². The summed E-state index contributed by atoms with van der Waals surface area (Å²) in [6.07, 6.45) is 2.99. The van der Waals surface area contributed by atoms with Crippen molar-refractivity contribution in [3.63, 3.8) is 0 Å². The Bertz CT molecular complexity index is 906. The van der Waals surface area contributed by atoms with E-state index in [9.17, 15) is 9.59 Å². The van der Waals surface area contributed by atoms with Gasteiger partial charge in [-0.3, -0.25) is 14.5 Å². The molecule has 2 aromatic rings. The molecule has 170 valence electrons. The van der Waals surface area contributed by atoms with Gasteiger partial charge in [-0.25, -0.2) is 0 Å². The topological polar surface area (TPSA) is 70.7 Å². The maximum Gasteiger partial charge on any atom is 0.238 e. The van der Waals surface area contributed by atoms with Crippen LogP contribution in [0.2, 0.25) is 5.02 Å². The third kappa shape index (κ3) is 5.49. The fourth-order valence-corrected chi connectivity index (χ4v) is 4.75. The lowest BCUT2D eigenvalue weighted by Gasteiger charge is -2.39. The number of halogens is 1. The standard InChI is InChI=1S/C25H30ClN3O3/c26-20-8-6-19(7-9-20)25(12-16-32-17-13-25)24(31)28-22-10-14-29(15-11-22)18-23(30)27-21-4-2-1-3-5-21/h1-9,22H,10-18H2,(H,27,30)(H,28,31). The molecule has 4 rings (SSSR count). The van der Waals surface area contributed by atoms with E-state index in [-0.39, 0.29) is 17.9 Å². The van der Waals surface area contributed by atoms with Crippen molar-refractivity contribution in [2.75, 3.05) is 38.2 Å². The number of nitrogens with one attached hydrogen (secondary N) is 2. The molecule has 0 radical (unpaired) electrons. The summed E-state index contributed by atoms with van der Waals surface area (Å²) in [6.45, 7) is 3.08. The van der Waals surface area contributed by atoms with Crippen molar-refractivity contribution in [3.05, 3.63) is 65.2 Å². The van der Waals surface area contributed by atoms with Crippen LogP contribution in [0.25, 0.3) is 0 Å². The molecule has 0 spiro atoms. The highest BCUT2D eigenvalue weighted by Crippen LogP contribution is 2.36. The first-order chi connectivity index (χ1) is 15.5. The minimum atomic E-state index is -0.574. The number of hydrogen-bond donors (Lipinski definition) is 2. The quantitative estimate of drug-likeness (QED) is 0.698. The molecule has 2 fully saturated rings. The average molecular weight is 456 g/mol. The Morgan fingerprint density at radius 1 is 1.00 bits per heavy atom. The number of nitrogens with zero attached hydrogens (tertiary/aromatic N) is 1. The van der Waals surface area contributed by atoms with Crippen LogP contribution in [0.3, 0.4) is 0 Å². The number of likely N-dealkylation sites (tertiary alicyclic amines) is 1. The predicted octanol–water partition coefficient (Wildman–Crippen LogP) is 3.61. The van der Waals surface area contributed by atoms with Gasteiger partial charge in [-0.15, -0.1) is 0 Å². The molecule has 0 atom stereocenters. The smallest absolute Gasteiger partial charge is 0.238 e. The van der Waals surface area contributed by atoms with Gasteiger partial charge in [0.25, 0.3) is 0 Å². The highest BCUT2D eigenvalue weighted by atomic mass is 35.5. The van der Waals surface area contributed by atoms with Crippen LogP contribution < -0.4 is 10.6 Å². The first kappa shape index (κ1) is 22.8. The molecule has 2 aliphatic rings. The molecule has 7 heteroatoms. The van der Waals surface area contributed by atoms with Gasteiger partial charge < -0.3 is 15.4 Å². The molecule has 0 unspecified atom stereocenters. The molecule has 32 heavy (non-hydrogen) atoms. The van der Waals surface area contributed by atoms with Crippen molar-refractivity contribution >= 4 is 29.1 Å². The largest absolute Gasteiger partial charge is 0.381 e. The van der Waals surface area contributed by atoms with Crippen LogP contribution in [0.15, 0.2) is 54.6 Å². The van der Waals surface area contributed by atoms with Gasteiger partial charge in [-0.1, -0.05) is 41.9 Å². The second-order valence-corrected chi connectivity index (χ2v) is 9.08. The molecule has 6 nitrogen and oxygen atoms in total. The minimum absolute atomic E-state index is 0.0115. The molecule has 0 aliphatic carbocycles. The molecule has 2 heterocycles. The predicted molar refractivity (Wildman–Crippen MR) is 126 cm³/mol. The van der Waals surface area contributed by atoms with E-state index in [1.807, 2.05) is 54.6 Å². The normalized spacial score (nSPS) is 19.3. The fraction of sp³-hybridized carbons (Fsp3) is 0.440. The summed E-state index contributed by atoms with van der Waals surface area (Å²) < 4.78 is 5.55. The van der Waals surface area contributed by atoms with Crippen molar-refractivity contribution in [1.82, 2.24) is 10.2 Å². The summed E-state index contributed by atoms with van der Waals surface area (Å²) in [7, 11) is 0. The zero-order valence-corrected chi connectivity index (χ0v) is 18.9. The minimum Gasteiger partial charge on any atom is -0.381 e. The molecule has 2 amide bonds. The number of para-hydroxylation sites is 1. The molecule has 2 N–H and O–H groups in total. The van der Waals surface area contributed by atoms with E-state index in [0.717, 1.165) is 37.2 Å². The molecule has 2 saturated heterocycles. The van der Waals surface area contributed by atoms with E-state index in [4.69, 9.17) is 16.3 Å². The Morgan fingerprint density at radius 2 is 1.66 bits per heavy atom. The van der Waals surface area contributed by atoms with Crippen molar-refractivity contribution in [2.45, 2.75) is 37.1 Å². The van der Waals surface area contributed by atoms with E-state index in [1.165, 1.54) is 0 Å². The molecule has 0 aromatic heterocycles. The molecule has 0 saturated carbocycles. The number of hydrogen-bond acceptors (Lipinski definition) is 4. The summed E-state index contributed by atoms with van der Waals surface area (Å²) in [5.41, 5.74) is 1.23. The first-order valence-electron chi connectivity index (χ1n) is 11.3. The van der Waals surface area contributed by atoms with Crippen LogP contribution in [0.1, 0.15) is 31.2 Å².